The molecule has 0 bridgehead atoms. The molecule has 0 aliphatic carbocycles. The lowest BCUT2D eigenvalue weighted by Crippen LogP contribution is -2.53. The van der Waals surface area contributed by atoms with E-state index in [1.165, 1.54) is 16.8 Å². The van der Waals surface area contributed by atoms with Crippen LogP contribution in [0.25, 0.3) is 11.2 Å². The third kappa shape index (κ3) is 5.44. The topological polar surface area (TPSA) is 71.3 Å². The molecule has 0 spiro atoms. The lowest BCUT2D eigenvalue weighted by Gasteiger charge is -2.42. The molecule has 40 heavy (non-hydrogen) atoms. The van der Waals surface area contributed by atoms with Crippen molar-refractivity contribution in [2.45, 2.75) is 72.4 Å². The van der Waals surface area contributed by atoms with Gasteiger partial charge in [0.2, 0.25) is 5.95 Å². The second kappa shape index (κ2) is 11.0. The van der Waals surface area contributed by atoms with Crippen LogP contribution < -0.4 is 19.9 Å². The van der Waals surface area contributed by atoms with Gasteiger partial charge in [-0.1, -0.05) is 39.8 Å². The molecule has 0 saturated carbocycles. The minimum absolute atomic E-state index is 0.0503. The van der Waals surface area contributed by atoms with Gasteiger partial charge in [0.05, 0.1) is 13.4 Å². The van der Waals surface area contributed by atoms with E-state index in [9.17, 15) is 0 Å². The average molecular weight is 542 g/mol. The van der Waals surface area contributed by atoms with Gasteiger partial charge in [0.25, 0.3) is 0 Å². The number of nitrogens with one attached hydrogen (secondary N) is 1. The molecule has 1 N–H and O–H groups in total. The smallest absolute Gasteiger partial charge is 0.229 e. The maximum Gasteiger partial charge on any atom is 0.229 e. The monoisotopic (exact) mass is 541 g/mol. The lowest BCUT2D eigenvalue weighted by atomic mass is 9.86. The minimum atomic E-state index is 0.0503. The number of benzene rings is 2. The van der Waals surface area contributed by atoms with Crippen LogP contribution in [0.2, 0.25) is 0 Å². The second-order valence-electron chi connectivity index (χ2n) is 12.1. The molecule has 8 nitrogen and oxygen atoms in total. The highest BCUT2D eigenvalue weighted by Crippen LogP contribution is 2.33. The third-order valence-corrected chi connectivity index (χ3v) is 7.97. The van der Waals surface area contributed by atoms with Crippen LogP contribution >= 0.6 is 0 Å². The highest BCUT2D eigenvalue weighted by molar-refractivity contribution is 5.87. The number of aryl methyl sites for hydroxylation is 1. The molecule has 1 aliphatic rings. The van der Waals surface area contributed by atoms with Crippen molar-refractivity contribution in [3.05, 3.63) is 59.9 Å². The van der Waals surface area contributed by atoms with E-state index in [1.807, 2.05) is 18.5 Å². The summed E-state index contributed by atoms with van der Waals surface area (Å²) in [7, 11) is 1.70. The normalized spacial score (nSPS) is 16.2. The summed E-state index contributed by atoms with van der Waals surface area (Å²) in [5.74, 6) is 2.40. The first-order valence-corrected chi connectivity index (χ1v) is 14.4. The van der Waals surface area contributed by atoms with Gasteiger partial charge in [-0.05, 0) is 74.1 Å². The number of fused-ring (bicyclic) bond motifs is 1. The molecule has 2 aromatic carbocycles. The summed E-state index contributed by atoms with van der Waals surface area (Å²) in [6.45, 7) is 18.0. The molecule has 0 amide bonds. The Bertz CT molecular complexity index is 1470. The number of nitrogens with zero attached hydrogens (tertiary/aromatic N) is 6. The van der Waals surface area contributed by atoms with Crippen LogP contribution in [0.4, 0.5) is 23.1 Å². The quantitative estimate of drug-likeness (QED) is 0.274. The lowest BCUT2D eigenvalue weighted by molar-refractivity contribution is 0.414. The van der Waals surface area contributed by atoms with Gasteiger partial charge >= 0.3 is 0 Å². The predicted molar refractivity (Wildman–Crippen MR) is 166 cm³/mol. The Balaban J connectivity index is 1.50. The fourth-order valence-electron chi connectivity index (χ4n) is 5.40. The highest BCUT2D eigenvalue weighted by Gasteiger charge is 2.29. The number of hydrogen-bond donors (Lipinski definition) is 1. The SMILES string of the molecule is CC[C@@H]1CN(c2nc(Nc3cc(C(C)(C)C)ccc3C)c3c(ncn3C(C)C)n2)CCN1c1ccc(OC)cc1. The first-order valence-electron chi connectivity index (χ1n) is 14.4. The summed E-state index contributed by atoms with van der Waals surface area (Å²) in [6, 6.07) is 15.6. The average Bonchev–Trinajstić information content (AvgIpc) is 3.38. The van der Waals surface area contributed by atoms with Gasteiger partial charge in [0.15, 0.2) is 11.5 Å². The zero-order valence-electron chi connectivity index (χ0n) is 25.2. The molecule has 1 saturated heterocycles. The van der Waals surface area contributed by atoms with Crippen LogP contribution in [-0.4, -0.2) is 52.3 Å². The van der Waals surface area contributed by atoms with Crippen molar-refractivity contribution >= 4 is 34.3 Å². The van der Waals surface area contributed by atoms with Crippen LogP contribution in [0.15, 0.2) is 48.8 Å². The number of rotatable bonds is 7. The Morgan fingerprint density at radius 1 is 1.05 bits per heavy atom. The number of hydrogen-bond acceptors (Lipinski definition) is 7. The number of ether oxygens (including phenoxy) is 1. The summed E-state index contributed by atoms with van der Waals surface area (Å²) in [5, 5.41) is 3.70. The Hall–Kier alpha value is -3.81. The van der Waals surface area contributed by atoms with E-state index in [2.05, 4.69) is 98.5 Å². The molecule has 8 heteroatoms. The van der Waals surface area contributed by atoms with Gasteiger partial charge in [0.1, 0.15) is 11.3 Å². The van der Waals surface area contributed by atoms with Crippen LogP contribution in [0, 0.1) is 6.92 Å². The van der Waals surface area contributed by atoms with Crippen molar-refractivity contribution in [2.75, 3.05) is 41.9 Å². The van der Waals surface area contributed by atoms with Crippen molar-refractivity contribution in [1.29, 1.82) is 0 Å². The molecular weight excluding hydrogens is 498 g/mol. The van der Waals surface area contributed by atoms with Crippen molar-refractivity contribution in [3.8, 4) is 5.75 Å². The second-order valence-corrected chi connectivity index (χ2v) is 12.1. The van der Waals surface area contributed by atoms with Gasteiger partial charge in [-0.15, -0.1) is 0 Å². The Morgan fingerprint density at radius 3 is 2.45 bits per heavy atom. The number of anilines is 4. The van der Waals surface area contributed by atoms with E-state index >= 15 is 0 Å². The molecule has 5 rings (SSSR count). The van der Waals surface area contributed by atoms with Gasteiger partial charge in [0, 0.05) is 43.1 Å². The summed E-state index contributed by atoms with van der Waals surface area (Å²) >= 11 is 0. The Kier molecular flexibility index (Phi) is 7.62. The third-order valence-electron chi connectivity index (χ3n) is 7.97. The molecular formula is C32H43N7O. The first kappa shape index (κ1) is 27.7. The molecule has 2 aromatic heterocycles. The van der Waals surface area contributed by atoms with E-state index < -0.39 is 0 Å². The van der Waals surface area contributed by atoms with Crippen LogP contribution in [-0.2, 0) is 5.41 Å². The molecule has 212 valence electrons. The number of methoxy groups -OCH3 is 1. The van der Waals surface area contributed by atoms with Crippen LogP contribution in [0.5, 0.6) is 5.75 Å². The number of imidazole rings is 1. The van der Waals surface area contributed by atoms with Crippen molar-refractivity contribution in [2.24, 2.45) is 0 Å². The number of piperazine rings is 1. The maximum absolute atomic E-state index is 5.36. The zero-order chi connectivity index (χ0) is 28.6. The van der Waals surface area contributed by atoms with E-state index in [-0.39, 0.29) is 11.5 Å². The zero-order valence-corrected chi connectivity index (χ0v) is 25.2. The molecule has 3 heterocycles. The van der Waals surface area contributed by atoms with Crippen molar-refractivity contribution in [3.63, 3.8) is 0 Å². The van der Waals surface area contributed by atoms with Gasteiger partial charge in [-0.2, -0.15) is 9.97 Å². The Morgan fingerprint density at radius 2 is 1.80 bits per heavy atom. The minimum Gasteiger partial charge on any atom is -0.497 e. The van der Waals surface area contributed by atoms with E-state index in [1.54, 1.807) is 7.11 Å². The maximum atomic E-state index is 5.36. The highest BCUT2D eigenvalue weighted by atomic mass is 16.5. The summed E-state index contributed by atoms with van der Waals surface area (Å²) in [6.07, 6.45) is 2.91. The molecule has 1 aliphatic heterocycles. The van der Waals surface area contributed by atoms with Gasteiger partial charge in [-0.3, -0.25) is 0 Å². The molecule has 0 unspecified atom stereocenters. The fraction of sp³-hybridized carbons (Fsp3) is 0.469. The summed E-state index contributed by atoms with van der Waals surface area (Å²) in [5.41, 5.74) is 6.44. The molecule has 1 fully saturated rings. The fourth-order valence-corrected chi connectivity index (χ4v) is 5.40. The van der Waals surface area contributed by atoms with Gasteiger partial charge in [-0.25, -0.2) is 4.98 Å². The number of aromatic nitrogens is 4. The van der Waals surface area contributed by atoms with E-state index in [0.29, 0.717) is 6.04 Å². The van der Waals surface area contributed by atoms with E-state index in [0.717, 1.165) is 60.4 Å². The van der Waals surface area contributed by atoms with Crippen molar-refractivity contribution in [1.82, 2.24) is 19.5 Å². The Labute approximate surface area is 238 Å². The van der Waals surface area contributed by atoms with Crippen molar-refractivity contribution < 1.29 is 4.74 Å². The molecule has 0 radical (unpaired) electrons. The van der Waals surface area contributed by atoms with Crippen LogP contribution in [0.1, 0.15) is 65.1 Å². The van der Waals surface area contributed by atoms with Gasteiger partial charge < -0.3 is 24.4 Å². The molecule has 4 aromatic rings. The van der Waals surface area contributed by atoms with E-state index in [4.69, 9.17) is 19.7 Å². The first-order chi connectivity index (χ1) is 19.1. The molecule has 1 atom stereocenters. The largest absolute Gasteiger partial charge is 0.497 e. The van der Waals surface area contributed by atoms with Crippen LogP contribution in [0.3, 0.4) is 0 Å². The summed E-state index contributed by atoms with van der Waals surface area (Å²) < 4.78 is 7.52. The standard InChI is InChI=1S/C32H43N7O/c1-9-24-19-37(16-17-38(24)25-12-14-26(40-8)15-13-25)31-35-29-28(39(20-33-29)21(2)3)30(36-31)34-27-18-23(32(5,6)7)11-10-22(27)4/h10-15,18,20-21,24H,9,16-17,19H2,1-8H3,(H,34,35,36)/t24-/m1/s1. The summed E-state index contributed by atoms with van der Waals surface area (Å²) in [4.78, 5) is 19.7. The predicted octanol–water partition coefficient (Wildman–Crippen LogP) is 6.87.